The van der Waals surface area contributed by atoms with Crippen LogP contribution in [0.4, 0.5) is 0 Å². The van der Waals surface area contributed by atoms with Gasteiger partial charge in [-0.3, -0.25) is 19.3 Å². The first-order valence-electron chi connectivity index (χ1n) is 11.3. The number of piperidine rings is 1. The highest BCUT2D eigenvalue weighted by atomic mass is 32.1. The van der Waals surface area contributed by atoms with E-state index in [0.717, 1.165) is 29.8 Å². The monoisotopic (exact) mass is 435 g/mol. The Hall–Kier alpha value is -2.54. The number of fused-ring (bicyclic) bond motifs is 6. The second kappa shape index (κ2) is 7.26. The van der Waals surface area contributed by atoms with E-state index < -0.39 is 0 Å². The molecule has 7 heteroatoms. The third-order valence-corrected chi connectivity index (χ3v) is 8.82. The molecular weight excluding hydrogens is 410 g/mol. The summed E-state index contributed by atoms with van der Waals surface area (Å²) in [7, 11) is 0. The molecule has 1 aromatic heterocycles. The highest BCUT2D eigenvalue weighted by Crippen LogP contribution is 2.52. The SMILES string of the molecule is O=C(CCN1C(=O)C2C3C=CC(C3)C2C1=O)N1CCC(c2nc3ccccc3s2)CC1. The molecule has 0 spiro atoms. The number of hydrogen-bond donors (Lipinski definition) is 0. The summed E-state index contributed by atoms with van der Waals surface area (Å²) in [6, 6.07) is 8.20. The van der Waals surface area contributed by atoms with Gasteiger partial charge in [-0.15, -0.1) is 11.3 Å². The second-order valence-electron chi connectivity index (χ2n) is 9.25. The predicted octanol–water partition coefficient (Wildman–Crippen LogP) is 3.20. The number of benzene rings is 1. The highest BCUT2D eigenvalue weighted by Gasteiger charge is 2.59. The van der Waals surface area contributed by atoms with Crippen LogP contribution in [0.25, 0.3) is 10.2 Å². The van der Waals surface area contributed by atoms with Crippen molar-refractivity contribution in [3.05, 3.63) is 41.4 Å². The number of carbonyl (C=O) groups excluding carboxylic acids is 3. The first-order valence-corrected chi connectivity index (χ1v) is 12.1. The van der Waals surface area contributed by atoms with E-state index in [1.165, 1.54) is 9.60 Å². The Balaban J connectivity index is 1.04. The van der Waals surface area contributed by atoms with Crippen LogP contribution in [0.15, 0.2) is 36.4 Å². The van der Waals surface area contributed by atoms with Crippen molar-refractivity contribution in [1.29, 1.82) is 0 Å². The maximum absolute atomic E-state index is 12.8. The molecule has 4 unspecified atom stereocenters. The Morgan fingerprint density at radius 1 is 1.03 bits per heavy atom. The number of hydrogen-bond acceptors (Lipinski definition) is 5. The molecular formula is C24H25N3O3S. The third-order valence-electron chi connectivity index (χ3n) is 7.62. The van der Waals surface area contributed by atoms with E-state index in [9.17, 15) is 14.4 Å². The van der Waals surface area contributed by atoms with E-state index >= 15 is 0 Å². The lowest BCUT2D eigenvalue weighted by atomic mass is 9.85. The molecule has 0 radical (unpaired) electrons. The predicted molar refractivity (Wildman–Crippen MR) is 117 cm³/mol. The van der Waals surface area contributed by atoms with Crippen molar-refractivity contribution in [2.75, 3.05) is 19.6 Å². The second-order valence-corrected chi connectivity index (χ2v) is 10.3. The number of nitrogens with zero attached hydrogens (tertiary/aromatic N) is 3. The fourth-order valence-electron chi connectivity index (χ4n) is 5.99. The fourth-order valence-corrected chi connectivity index (χ4v) is 7.13. The standard InChI is InChI=1S/C24H25N3O3S/c28-19(9-12-27-23(29)20-15-5-6-16(13-15)21(20)24(27)30)26-10-7-14(8-11-26)22-25-17-3-1-2-4-18(17)31-22/h1-6,14-16,20-21H,7-13H2. The van der Waals surface area contributed by atoms with Gasteiger partial charge in [-0.1, -0.05) is 24.3 Å². The molecule has 2 aliphatic carbocycles. The molecule has 2 bridgehead atoms. The molecule has 2 aliphatic heterocycles. The Morgan fingerprint density at radius 2 is 1.71 bits per heavy atom. The van der Waals surface area contributed by atoms with Gasteiger partial charge in [0.2, 0.25) is 17.7 Å². The summed E-state index contributed by atoms with van der Waals surface area (Å²) in [5.74, 6) is 0.391. The van der Waals surface area contributed by atoms with E-state index in [2.05, 4.69) is 18.2 Å². The molecule has 1 saturated carbocycles. The largest absolute Gasteiger partial charge is 0.343 e. The van der Waals surface area contributed by atoms with E-state index in [0.29, 0.717) is 19.0 Å². The van der Waals surface area contributed by atoms with Gasteiger partial charge in [0.15, 0.2) is 0 Å². The topological polar surface area (TPSA) is 70.6 Å². The Morgan fingerprint density at radius 3 is 2.39 bits per heavy atom. The van der Waals surface area contributed by atoms with Crippen LogP contribution in [0, 0.1) is 23.7 Å². The maximum Gasteiger partial charge on any atom is 0.233 e. The summed E-state index contributed by atoms with van der Waals surface area (Å²) in [5, 5.41) is 1.16. The van der Waals surface area contributed by atoms with Crippen LogP contribution in [-0.2, 0) is 14.4 Å². The molecule has 31 heavy (non-hydrogen) atoms. The summed E-state index contributed by atoms with van der Waals surface area (Å²) >= 11 is 1.75. The molecule has 4 aliphatic rings. The van der Waals surface area contributed by atoms with Gasteiger partial charge in [0.1, 0.15) is 0 Å². The van der Waals surface area contributed by atoms with Gasteiger partial charge >= 0.3 is 0 Å². The van der Waals surface area contributed by atoms with Crippen LogP contribution in [0.1, 0.15) is 36.6 Å². The molecule has 1 aromatic carbocycles. The number of imide groups is 1. The Labute approximate surface area is 184 Å². The Bertz CT molecular complexity index is 1040. The lowest BCUT2D eigenvalue weighted by Crippen LogP contribution is -2.41. The minimum absolute atomic E-state index is 0.0431. The van der Waals surface area contributed by atoms with Gasteiger partial charge in [0.25, 0.3) is 0 Å². The van der Waals surface area contributed by atoms with Crippen molar-refractivity contribution in [3.63, 3.8) is 0 Å². The van der Waals surface area contributed by atoms with Gasteiger partial charge < -0.3 is 4.90 Å². The van der Waals surface area contributed by atoms with E-state index in [1.54, 1.807) is 11.3 Å². The van der Waals surface area contributed by atoms with Crippen LogP contribution in [0.3, 0.4) is 0 Å². The number of carbonyl (C=O) groups is 3. The fraction of sp³-hybridized carbons (Fsp3) is 0.500. The van der Waals surface area contributed by atoms with Crippen LogP contribution >= 0.6 is 11.3 Å². The van der Waals surface area contributed by atoms with E-state index in [-0.39, 0.29) is 54.4 Å². The van der Waals surface area contributed by atoms with Crippen LogP contribution in [0.5, 0.6) is 0 Å². The molecule has 3 fully saturated rings. The summed E-state index contributed by atoms with van der Waals surface area (Å²) < 4.78 is 1.21. The molecule has 2 saturated heterocycles. The lowest BCUT2D eigenvalue weighted by molar-refractivity contribution is -0.141. The normalized spacial score (nSPS) is 30.1. The van der Waals surface area contributed by atoms with Crippen molar-refractivity contribution in [2.24, 2.45) is 23.7 Å². The van der Waals surface area contributed by atoms with E-state index in [1.807, 2.05) is 23.1 Å². The molecule has 6 rings (SSSR count). The van der Waals surface area contributed by atoms with Crippen LogP contribution in [-0.4, -0.2) is 52.1 Å². The van der Waals surface area contributed by atoms with E-state index in [4.69, 9.17) is 4.98 Å². The molecule has 160 valence electrons. The number of amides is 3. The molecule has 6 nitrogen and oxygen atoms in total. The third kappa shape index (κ3) is 3.04. The van der Waals surface area contributed by atoms with Crippen molar-refractivity contribution < 1.29 is 14.4 Å². The smallest absolute Gasteiger partial charge is 0.233 e. The molecule has 0 N–H and O–H groups in total. The van der Waals surface area contributed by atoms with Crippen molar-refractivity contribution in [2.45, 2.75) is 31.6 Å². The van der Waals surface area contributed by atoms with Crippen LogP contribution in [0.2, 0.25) is 0 Å². The van der Waals surface area contributed by atoms with Crippen molar-refractivity contribution in [1.82, 2.24) is 14.8 Å². The maximum atomic E-state index is 12.8. The number of aromatic nitrogens is 1. The van der Waals surface area contributed by atoms with Crippen LogP contribution < -0.4 is 0 Å². The zero-order chi connectivity index (χ0) is 21.1. The lowest BCUT2D eigenvalue weighted by Gasteiger charge is -2.31. The Kier molecular flexibility index (Phi) is 4.49. The zero-order valence-electron chi connectivity index (χ0n) is 17.3. The van der Waals surface area contributed by atoms with Gasteiger partial charge in [-0.2, -0.15) is 0 Å². The molecule has 4 atom stereocenters. The number of para-hydroxylation sites is 1. The molecule has 3 heterocycles. The zero-order valence-corrected chi connectivity index (χ0v) is 18.1. The average Bonchev–Trinajstić information content (AvgIpc) is 3.56. The van der Waals surface area contributed by atoms with Gasteiger partial charge in [-0.25, -0.2) is 4.98 Å². The summed E-state index contributed by atoms with van der Waals surface area (Å²) in [6.07, 6.45) is 7.18. The molecule has 2 aromatic rings. The minimum Gasteiger partial charge on any atom is -0.343 e. The number of thiazole rings is 1. The van der Waals surface area contributed by atoms with Gasteiger partial charge in [0, 0.05) is 32.0 Å². The van der Waals surface area contributed by atoms with Crippen molar-refractivity contribution in [3.8, 4) is 0 Å². The van der Waals surface area contributed by atoms with Gasteiger partial charge in [0.05, 0.1) is 27.1 Å². The number of likely N-dealkylation sites (tertiary alicyclic amines) is 2. The summed E-state index contributed by atoms with van der Waals surface area (Å²) in [6.45, 7) is 1.64. The number of rotatable bonds is 4. The first kappa shape index (κ1) is 19.2. The van der Waals surface area contributed by atoms with Crippen molar-refractivity contribution >= 4 is 39.3 Å². The highest BCUT2D eigenvalue weighted by molar-refractivity contribution is 7.18. The quantitative estimate of drug-likeness (QED) is 0.546. The molecule has 3 amide bonds. The first-order chi connectivity index (χ1) is 15.1. The number of allylic oxidation sites excluding steroid dienone is 2. The summed E-state index contributed by atoms with van der Waals surface area (Å²) in [5.41, 5.74) is 1.05. The van der Waals surface area contributed by atoms with Gasteiger partial charge in [-0.05, 0) is 43.2 Å². The minimum atomic E-state index is -0.179. The average molecular weight is 436 g/mol. The summed E-state index contributed by atoms with van der Waals surface area (Å²) in [4.78, 5) is 46.4.